The smallest absolute Gasteiger partial charge is 0.262 e. The Bertz CT molecular complexity index is 1200. The van der Waals surface area contributed by atoms with Crippen molar-refractivity contribution in [3.63, 3.8) is 0 Å². The molecule has 0 aromatic heterocycles. The van der Waals surface area contributed by atoms with Gasteiger partial charge in [-0.2, -0.15) is 0 Å². The van der Waals surface area contributed by atoms with Crippen molar-refractivity contribution in [2.75, 3.05) is 28.7 Å². The van der Waals surface area contributed by atoms with Gasteiger partial charge in [-0.1, -0.05) is 18.2 Å². The Morgan fingerprint density at radius 2 is 1.74 bits per heavy atom. The molecule has 2 heterocycles. The van der Waals surface area contributed by atoms with Gasteiger partial charge in [0, 0.05) is 29.0 Å². The van der Waals surface area contributed by atoms with E-state index in [-0.39, 0.29) is 24.3 Å². The maximum Gasteiger partial charge on any atom is 0.262 e. The molecule has 2 N–H and O–H groups in total. The van der Waals surface area contributed by atoms with Gasteiger partial charge in [0.05, 0.1) is 5.69 Å². The van der Waals surface area contributed by atoms with Crippen LogP contribution in [0.3, 0.4) is 0 Å². The summed E-state index contributed by atoms with van der Waals surface area (Å²) in [5.74, 6) is -0.114. The summed E-state index contributed by atoms with van der Waals surface area (Å²) < 4.78 is 5.31. The van der Waals surface area contributed by atoms with Gasteiger partial charge in [0.2, 0.25) is 0 Å². The highest BCUT2D eigenvalue weighted by Gasteiger charge is 2.25. The first-order chi connectivity index (χ1) is 15.1. The van der Waals surface area contributed by atoms with Crippen molar-refractivity contribution in [2.45, 2.75) is 6.42 Å². The van der Waals surface area contributed by atoms with Crippen LogP contribution < -0.4 is 20.3 Å². The van der Waals surface area contributed by atoms with Gasteiger partial charge in [-0.05, 0) is 60.5 Å². The zero-order valence-electron chi connectivity index (χ0n) is 16.6. The lowest BCUT2D eigenvalue weighted by molar-refractivity contribution is -0.118. The van der Waals surface area contributed by atoms with Crippen molar-refractivity contribution in [3.8, 4) is 5.75 Å². The molecule has 7 nitrogen and oxygen atoms in total. The Morgan fingerprint density at radius 1 is 0.968 bits per heavy atom. The second kappa shape index (κ2) is 7.60. The van der Waals surface area contributed by atoms with Crippen LogP contribution in [0.1, 0.15) is 26.3 Å². The Balaban J connectivity index is 1.29. The summed E-state index contributed by atoms with van der Waals surface area (Å²) in [7, 11) is 0. The molecule has 31 heavy (non-hydrogen) atoms. The molecule has 2 aliphatic rings. The second-order valence-electron chi connectivity index (χ2n) is 7.41. The third-order valence-corrected chi connectivity index (χ3v) is 5.40. The summed E-state index contributed by atoms with van der Waals surface area (Å²) in [6, 6.07) is 19.6. The first-order valence-corrected chi connectivity index (χ1v) is 9.96. The standard InChI is InChI=1S/C24H19N3O4/c28-22-14-31-21-10-7-17(13-19(21)26-22)23(29)25-18-8-5-16(6-9-18)24(30)27-12-11-15-3-1-2-4-20(15)27/h1-10,13H,11-12,14H2,(H,25,29)(H,26,28). The fourth-order valence-electron chi connectivity index (χ4n) is 3.83. The van der Waals surface area contributed by atoms with Gasteiger partial charge in [-0.25, -0.2) is 0 Å². The molecule has 7 heteroatoms. The van der Waals surface area contributed by atoms with E-state index in [0.717, 1.165) is 12.1 Å². The molecule has 2 aliphatic heterocycles. The highest BCUT2D eigenvalue weighted by molar-refractivity contribution is 6.08. The zero-order valence-corrected chi connectivity index (χ0v) is 16.6. The minimum atomic E-state index is -0.324. The average Bonchev–Trinajstić information content (AvgIpc) is 3.23. The number of fused-ring (bicyclic) bond motifs is 2. The van der Waals surface area contributed by atoms with Gasteiger partial charge in [-0.3, -0.25) is 14.4 Å². The number of rotatable bonds is 3. The van der Waals surface area contributed by atoms with Crippen molar-refractivity contribution in [1.29, 1.82) is 0 Å². The maximum atomic E-state index is 12.9. The number of anilines is 3. The number of carbonyl (C=O) groups is 3. The number of nitrogens with one attached hydrogen (secondary N) is 2. The van der Waals surface area contributed by atoms with Crippen molar-refractivity contribution in [1.82, 2.24) is 0 Å². The predicted octanol–water partition coefficient (Wildman–Crippen LogP) is 3.47. The zero-order chi connectivity index (χ0) is 21.4. The number of carbonyl (C=O) groups excluding carboxylic acids is 3. The van der Waals surface area contributed by atoms with Crippen molar-refractivity contribution in [2.24, 2.45) is 0 Å². The number of amides is 3. The van der Waals surface area contributed by atoms with E-state index in [1.807, 2.05) is 24.3 Å². The van der Waals surface area contributed by atoms with Gasteiger partial charge in [0.1, 0.15) is 5.75 Å². The van der Waals surface area contributed by atoms with Crippen LogP contribution in [0.5, 0.6) is 5.75 Å². The van der Waals surface area contributed by atoms with E-state index in [4.69, 9.17) is 4.74 Å². The molecular weight excluding hydrogens is 394 g/mol. The van der Waals surface area contributed by atoms with Gasteiger partial charge in [-0.15, -0.1) is 0 Å². The minimum Gasteiger partial charge on any atom is -0.482 e. The fourth-order valence-corrected chi connectivity index (χ4v) is 3.83. The molecule has 0 atom stereocenters. The molecule has 3 amide bonds. The molecule has 0 saturated heterocycles. The predicted molar refractivity (Wildman–Crippen MR) is 117 cm³/mol. The first kappa shape index (κ1) is 18.9. The molecule has 0 unspecified atom stereocenters. The van der Waals surface area contributed by atoms with Crippen molar-refractivity contribution < 1.29 is 19.1 Å². The SMILES string of the molecule is O=C1COc2ccc(C(=O)Nc3ccc(C(=O)N4CCc5ccccc54)cc3)cc2N1. The third-order valence-electron chi connectivity index (χ3n) is 5.40. The van der Waals surface area contributed by atoms with Gasteiger partial charge >= 0.3 is 0 Å². The lowest BCUT2D eigenvalue weighted by atomic mass is 10.1. The van der Waals surface area contributed by atoms with Crippen LogP contribution in [0.25, 0.3) is 0 Å². The number of nitrogens with zero attached hydrogens (tertiary/aromatic N) is 1. The first-order valence-electron chi connectivity index (χ1n) is 9.96. The average molecular weight is 413 g/mol. The highest BCUT2D eigenvalue weighted by Crippen LogP contribution is 2.30. The Kier molecular flexibility index (Phi) is 4.63. The summed E-state index contributed by atoms with van der Waals surface area (Å²) in [5, 5.41) is 5.50. The molecule has 3 aromatic rings. The summed E-state index contributed by atoms with van der Waals surface area (Å²) >= 11 is 0. The lowest BCUT2D eigenvalue weighted by Crippen LogP contribution is -2.28. The van der Waals surface area contributed by atoms with Crippen LogP contribution in [-0.4, -0.2) is 30.9 Å². The van der Waals surface area contributed by atoms with Crippen molar-refractivity contribution in [3.05, 3.63) is 83.4 Å². The minimum absolute atomic E-state index is 0.0351. The Hall–Kier alpha value is -4.13. The highest BCUT2D eigenvalue weighted by atomic mass is 16.5. The summed E-state index contributed by atoms with van der Waals surface area (Å²) in [6.07, 6.45) is 0.850. The monoisotopic (exact) mass is 413 g/mol. The number of hydrogen-bond acceptors (Lipinski definition) is 4. The van der Waals surface area contributed by atoms with E-state index in [9.17, 15) is 14.4 Å². The number of hydrogen-bond donors (Lipinski definition) is 2. The molecular formula is C24H19N3O4. The largest absolute Gasteiger partial charge is 0.482 e. The normalized spacial score (nSPS) is 14.2. The third kappa shape index (κ3) is 3.61. The van der Waals surface area contributed by atoms with E-state index in [1.165, 1.54) is 5.56 Å². The van der Waals surface area contributed by atoms with Gasteiger partial charge < -0.3 is 20.3 Å². The molecule has 0 fully saturated rings. The van der Waals surface area contributed by atoms with E-state index in [1.54, 1.807) is 47.4 Å². The van der Waals surface area contributed by atoms with E-state index in [0.29, 0.717) is 34.8 Å². The van der Waals surface area contributed by atoms with Crippen LogP contribution in [0.4, 0.5) is 17.1 Å². The molecule has 5 rings (SSSR count). The molecule has 154 valence electrons. The van der Waals surface area contributed by atoms with Gasteiger partial charge in [0.25, 0.3) is 17.7 Å². The van der Waals surface area contributed by atoms with Crippen LogP contribution in [0.2, 0.25) is 0 Å². The summed E-state index contributed by atoms with van der Waals surface area (Å²) in [5.41, 5.74) is 4.11. The molecule has 3 aromatic carbocycles. The number of benzene rings is 3. The van der Waals surface area contributed by atoms with Crippen LogP contribution >= 0.6 is 0 Å². The van der Waals surface area contributed by atoms with Crippen LogP contribution in [0, 0.1) is 0 Å². The maximum absolute atomic E-state index is 12.9. The lowest BCUT2D eigenvalue weighted by Gasteiger charge is -2.18. The molecule has 0 saturated carbocycles. The quantitative estimate of drug-likeness (QED) is 0.688. The van der Waals surface area contributed by atoms with Crippen LogP contribution in [0.15, 0.2) is 66.7 Å². The fraction of sp³-hybridized carbons (Fsp3) is 0.125. The van der Waals surface area contributed by atoms with E-state index < -0.39 is 0 Å². The molecule has 0 aliphatic carbocycles. The summed E-state index contributed by atoms with van der Waals surface area (Å²) in [4.78, 5) is 38.8. The van der Waals surface area contributed by atoms with Crippen molar-refractivity contribution >= 4 is 34.8 Å². The second-order valence-corrected chi connectivity index (χ2v) is 7.41. The van der Waals surface area contributed by atoms with E-state index in [2.05, 4.69) is 10.6 Å². The topological polar surface area (TPSA) is 87.7 Å². The molecule has 0 spiro atoms. The Labute approximate surface area is 178 Å². The van der Waals surface area contributed by atoms with E-state index >= 15 is 0 Å². The van der Waals surface area contributed by atoms with Gasteiger partial charge in [0.15, 0.2) is 6.61 Å². The Morgan fingerprint density at radius 3 is 2.58 bits per heavy atom. The van der Waals surface area contributed by atoms with Crippen LogP contribution in [-0.2, 0) is 11.2 Å². The summed E-state index contributed by atoms with van der Waals surface area (Å²) in [6.45, 7) is 0.627. The molecule has 0 radical (unpaired) electrons. The number of para-hydroxylation sites is 1. The molecule has 0 bridgehead atoms. The number of ether oxygens (including phenoxy) is 1.